The summed E-state index contributed by atoms with van der Waals surface area (Å²) in [5, 5.41) is 30.5. The highest BCUT2D eigenvalue weighted by Gasteiger charge is 2.86. The lowest BCUT2D eigenvalue weighted by atomic mass is 9.54. The number of anilines is 1. The molecule has 3 heterocycles. The minimum atomic E-state index is -1.56. The van der Waals surface area contributed by atoms with Crippen LogP contribution in [0.1, 0.15) is 55.8 Å². The van der Waals surface area contributed by atoms with Gasteiger partial charge < -0.3 is 39.2 Å². The van der Waals surface area contributed by atoms with Crippen LogP contribution in [0.5, 0.6) is 0 Å². The Bertz CT molecular complexity index is 1340. The lowest BCUT2D eigenvalue weighted by molar-refractivity contribution is -0.328. The van der Waals surface area contributed by atoms with E-state index in [0.29, 0.717) is 51.0 Å². The quantitative estimate of drug-likeness (QED) is 0.310. The second-order valence-electron chi connectivity index (χ2n) is 14.2. The molecule has 3 saturated heterocycles. The Kier molecular flexibility index (Phi) is 7.65. The van der Waals surface area contributed by atoms with Crippen LogP contribution in [0.2, 0.25) is 0 Å². The molecule has 12 heteroatoms. The number of methoxy groups -OCH3 is 3. The van der Waals surface area contributed by atoms with E-state index in [1.54, 1.807) is 45.6 Å². The van der Waals surface area contributed by atoms with Crippen molar-refractivity contribution in [3.05, 3.63) is 29.8 Å². The van der Waals surface area contributed by atoms with E-state index in [1.807, 2.05) is 14.0 Å². The Hall–Kier alpha value is -2.16. The Balaban J connectivity index is 1.27. The number of nitrogens with one attached hydrogen (secondary N) is 2. The maximum Gasteiger partial charge on any atom is 0.340 e. The van der Waals surface area contributed by atoms with E-state index in [9.17, 15) is 19.8 Å². The van der Waals surface area contributed by atoms with Gasteiger partial charge in [0, 0.05) is 52.1 Å². The predicted molar refractivity (Wildman–Crippen MR) is 161 cm³/mol. The molecule has 1 spiro atoms. The monoisotopic (exact) mass is 629 g/mol. The molecule has 4 bridgehead atoms. The summed E-state index contributed by atoms with van der Waals surface area (Å²) in [4.78, 5) is 27.0. The number of aliphatic hydroxyl groups is 2. The van der Waals surface area contributed by atoms with Gasteiger partial charge >= 0.3 is 5.97 Å². The zero-order valence-electron chi connectivity index (χ0n) is 26.8. The van der Waals surface area contributed by atoms with Crippen LogP contribution in [0.15, 0.2) is 24.3 Å². The highest BCUT2D eigenvalue weighted by Crippen LogP contribution is 2.72. The van der Waals surface area contributed by atoms with Gasteiger partial charge in [-0.25, -0.2) is 9.80 Å². The molecule has 7 rings (SSSR count). The summed E-state index contributed by atoms with van der Waals surface area (Å²) < 4.78 is 30.1. The van der Waals surface area contributed by atoms with Crippen molar-refractivity contribution in [1.29, 1.82) is 0 Å². The molecule has 6 aliphatic rings. The van der Waals surface area contributed by atoms with Gasteiger partial charge in [0.1, 0.15) is 16.8 Å². The molecule has 12 atom stereocenters. The van der Waals surface area contributed by atoms with E-state index in [2.05, 4.69) is 15.8 Å². The molecular formula is C33H47N3O9. The van der Waals surface area contributed by atoms with Gasteiger partial charge in [-0.2, -0.15) is 0 Å². The van der Waals surface area contributed by atoms with E-state index < -0.39 is 46.4 Å². The zero-order valence-corrected chi connectivity index (χ0v) is 26.8. The number of carbonyl (C=O) groups is 2. The minimum Gasteiger partial charge on any atom is -0.455 e. The Morgan fingerprint density at radius 1 is 1.04 bits per heavy atom. The third-order valence-electron chi connectivity index (χ3n) is 12.7. The van der Waals surface area contributed by atoms with E-state index in [0.717, 1.165) is 0 Å². The molecule has 6 fully saturated rings. The van der Waals surface area contributed by atoms with Crippen molar-refractivity contribution in [2.75, 3.05) is 46.9 Å². The first-order valence-corrected chi connectivity index (χ1v) is 16.3. The van der Waals surface area contributed by atoms with Crippen molar-refractivity contribution in [3.63, 3.8) is 0 Å². The molecule has 248 valence electrons. The second kappa shape index (κ2) is 10.9. The fourth-order valence-corrected chi connectivity index (χ4v) is 10.9. The number of benzene rings is 1. The summed E-state index contributed by atoms with van der Waals surface area (Å²) in [6, 6.07) is 6.38. The van der Waals surface area contributed by atoms with E-state index >= 15 is 0 Å². The molecule has 1 amide bonds. The van der Waals surface area contributed by atoms with Gasteiger partial charge in [0.05, 0.1) is 53.7 Å². The molecule has 1 aromatic rings. The number of fused-ring (bicyclic) bond motifs is 3. The number of piperidine rings is 1. The molecule has 1 aromatic carbocycles. The summed E-state index contributed by atoms with van der Waals surface area (Å²) in [5.41, 5.74) is -0.834. The molecule has 4 N–H and O–H groups in total. The van der Waals surface area contributed by atoms with Crippen molar-refractivity contribution in [3.8, 4) is 0 Å². The number of hydrazine groups is 1. The summed E-state index contributed by atoms with van der Waals surface area (Å²) >= 11 is 0. The third kappa shape index (κ3) is 4.00. The molecule has 0 radical (unpaired) electrons. The standard InChI is InChI=1S/C33H47N3O9/c1-30(45-29(38)19-8-6-7-9-21(19)35-28(37)18-11-13-44-17-18)12-10-26(42-4)32-23(30)15-25(36(32)34-2)31(39)16-22(41-3)20-14-24(32)33(31,40)27(20)43-5/h6-9,18,20,22-27,34,39-40H,10-17H2,1-5H3,(H,35,37)/t18?,20-,22+,23?,24?,25?,26+,27+,30?,31+,32?,33+/m1/s1. The van der Waals surface area contributed by atoms with Crippen LogP contribution in [0.25, 0.3) is 0 Å². The molecule has 6 unspecified atom stereocenters. The van der Waals surface area contributed by atoms with Crippen molar-refractivity contribution in [2.45, 2.75) is 92.1 Å². The van der Waals surface area contributed by atoms with Crippen LogP contribution in [-0.4, -0.2) is 115 Å². The molecule has 3 aliphatic carbocycles. The van der Waals surface area contributed by atoms with Gasteiger partial charge in [-0.05, 0) is 58.2 Å². The van der Waals surface area contributed by atoms with Gasteiger partial charge in [-0.1, -0.05) is 12.1 Å². The highest BCUT2D eigenvalue weighted by molar-refractivity contribution is 6.02. The van der Waals surface area contributed by atoms with Crippen LogP contribution in [0.3, 0.4) is 0 Å². The van der Waals surface area contributed by atoms with Crippen molar-refractivity contribution < 1.29 is 43.5 Å². The lowest BCUT2D eigenvalue weighted by Crippen LogP contribution is -2.85. The Morgan fingerprint density at radius 3 is 2.49 bits per heavy atom. The van der Waals surface area contributed by atoms with Crippen molar-refractivity contribution in [1.82, 2.24) is 10.4 Å². The van der Waals surface area contributed by atoms with E-state index in [4.69, 9.17) is 23.7 Å². The van der Waals surface area contributed by atoms with Crippen LogP contribution >= 0.6 is 0 Å². The molecule has 0 aromatic heterocycles. The number of hydrogen-bond acceptors (Lipinski definition) is 11. The smallest absolute Gasteiger partial charge is 0.340 e. The summed E-state index contributed by atoms with van der Waals surface area (Å²) in [6.07, 6.45) is 1.79. The van der Waals surface area contributed by atoms with Gasteiger partial charge in [-0.3, -0.25) is 10.2 Å². The van der Waals surface area contributed by atoms with Gasteiger partial charge in [0.15, 0.2) is 0 Å². The Labute approximate surface area is 264 Å². The van der Waals surface area contributed by atoms with Crippen LogP contribution in [-0.2, 0) is 28.5 Å². The third-order valence-corrected chi connectivity index (χ3v) is 12.7. The summed E-state index contributed by atoms with van der Waals surface area (Å²) in [5.74, 6) is -1.87. The van der Waals surface area contributed by atoms with Crippen LogP contribution in [0, 0.1) is 23.7 Å². The first-order valence-electron chi connectivity index (χ1n) is 16.3. The molecular weight excluding hydrogens is 582 g/mol. The first kappa shape index (κ1) is 31.4. The predicted octanol–water partition coefficient (Wildman–Crippen LogP) is 1.50. The number of ether oxygens (including phenoxy) is 5. The number of para-hydroxylation sites is 1. The van der Waals surface area contributed by atoms with Gasteiger partial charge in [0.25, 0.3) is 0 Å². The lowest BCUT2D eigenvalue weighted by Gasteiger charge is -2.67. The fourth-order valence-electron chi connectivity index (χ4n) is 10.9. The fraction of sp³-hybridized carbons (Fsp3) is 0.758. The topological polar surface area (TPSA) is 148 Å². The molecule has 3 saturated carbocycles. The SMILES string of the molecule is CNN1C2CC3C(C)(OC(=O)c4ccccc4NC(=O)C4CCOC4)CC[C@H](OC)C31C1C[C@@H]3[C@@H](OC)C[C@@]2(O)[C@@]1(O)[C@H]3OC. The number of rotatable bonds is 8. The summed E-state index contributed by atoms with van der Waals surface area (Å²) in [6.45, 7) is 2.87. The van der Waals surface area contributed by atoms with Crippen molar-refractivity contribution in [2.24, 2.45) is 23.7 Å². The van der Waals surface area contributed by atoms with Crippen molar-refractivity contribution >= 4 is 17.6 Å². The Morgan fingerprint density at radius 2 is 1.82 bits per heavy atom. The second-order valence-corrected chi connectivity index (χ2v) is 14.2. The molecule has 3 aliphatic heterocycles. The maximum absolute atomic E-state index is 14.1. The number of nitrogens with zero attached hydrogens (tertiary/aromatic N) is 1. The highest BCUT2D eigenvalue weighted by atomic mass is 16.6. The van der Waals surface area contributed by atoms with Gasteiger partial charge in [0.2, 0.25) is 5.91 Å². The normalized spacial score (nSPS) is 46.6. The van der Waals surface area contributed by atoms with Crippen LogP contribution in [0.4, 0.5) is 5.69 Å². The largest absolute Gasteiger partial charge is 0.455 e. The maximum atomic E-state index is 14.1. The average molecular weight is 630 g/mol. The van der Waals surface area contributed by atoms with Gasteiger partial charge in [-0.15, -0.1) is 0 Å². The number of esters is 1. The number of hydrogen-bond donors (Lipinski definition) is 4. The average Bonchev–Trinajstić information content (AvgIpc) is 3.74. The minimum absolute atomic E-state index is 0.127. The molecule has 12 nitrogen and oxygen atoms in total. The zero-order chi connectivity index (χ0) is 31.9. The first-order chi connectivity index (χ1) is 21.5. The summed E-state index contributed by atoms with van der Waals surface area (Å²) in [7, 11) is 6.78. The van der Waals surface area contributed by atoms with E-state index in [-0.39, 0.29) is 47.9 Å². The number of amides is 1. The molecule has 45 heavy (non-hydrogen) atoms. The van der Waals surface area contributed by atoms with Crippen LogP contribution < -0.4 is 10.7 Å². The van der Waals surface area contributed by atoms with E-state index in [1.165, 1.54) is 0 Å². The number of carbonyl (C=O) groups excluding carboxylic acids is 2.